The predicted molar refractivity (Wildman–Crippen MR) is 133 cm³/mol. The summed E-state index contributed by atoms with van der Waals surface area (Å²) in [6.07, 6.45) is 1.50. The zero-order valence-electron chi connectivity index (χ0n) is 19.2. The van der Waals surface area contributed by atoms with E-state index in [1.807, 2.05) is 63.2 Å². The Bertz CT molecular complexity index is 1200. The molecule has 3 aromatic carbocycles. The molecule has 33 heavy (non-hydrogen) atoms. The van der Waals surface area contributed by atoms with Gasteiger partial charge in [-0.3, -0.25) is 9.10 Å². The summed E-state index contributed by atoms with van der Waals surface area (Å²) in [7, 11) is -3.94. The monoisotopic (exact) mass is 463 g/mol. The minimum atomic E-state index is -3.94. The summed E-state index contributed by atoms with van der Waals surface area (Å²) in [6, 6.07) is 23.6. The van der Waals surface area contributed by atoms with Crippen LogP contribution in [-0.4, -0.2) is 26.6 Å². The molecule has 0 spiro atoms. The Morgan fingerprint density at radius 3 is 2.06 bits per heavy atom. The highest BCUT2D eigenvalue weighted by Crippen LogP contribution is 2.24. The van der Waals surface area contributed by atoms with Gasteiger partial charge in [-0.05, 0) is 63.4 Å². The molecule has 3 aromatic rings. The fourth-order valence-electron chi connectivity index (χ4n) is 3.21. The molecule has 0 saturated carbocycles. The first-order valence-electron chi connectivity index (χ1n) is 10.8. The van der Waals surface area contributed by atoms with E-state index in [2.05, 4.69) is 10.5 Å². The van der Waals surface area contributed by atoms with E-state index in [4.69, 9.17) is 0 Å². The van der Waals surface area contributed by atoms with Crippen LogP contribution in [0, 0.1) is 13.8 Å². The first-order chi connectivity index (χ1) is 15.8. The number of hydrogen-bond donors (Lipinski definition) is 1. The van der Waals surface area contributed by atoms with Gasteiger partial charge < -0.3 is 0 Å². The van der Waals surface area contributed by atoms with Gasteiger partial charge in [-0.2, -0.15) is 5.10 Å². The zero-order valence-corrected chi connectivity index (χ0v) is 20.0. The first kappa shape index (κ1) is 24.2. The average molecular weight is 464 g/mol. The number of amides is 1. The van der Waals surface area contributed by atoms with Crippen LogP contribution in [0.5, 0.6) is 0 Å². The maximum atomic E-state index is 13.4. The maximum absolute atomic E-state index is 13.4. The van der Waals surface area contributed by atoms with Gasteiger partial charge in [0.2, 0.25) is 0 Å². The lowest BCUT2D eigenvalue weighted by molar-refractivity contribution is -0.119. The number of sulfonamides is 1. The van der Waals surface area contributed by atoms with Crippen molar-refractivity contribution in [2.45, 2.75) is 38.5 Å². The van der Waals surface area contributed by atoms with Crippen LogP contribution in [0.1, 0.15) is 30.0 Å². The number of nitrogens with zero attached hydrogens (tertiary/aromatic N) is 2. The van der Waals surface area contributed by atoms with Crippen molar-refractivity contribution in [3.8, 4) is 0 Å². The molecular weight excluding hydrogens is 434 g/mol. The molecule has 6 nitrogen and oxygen atoms in total. The van der Waals surface area contributed by atoms with E-state index in [0.29, 0.717) is 12.1 Å². The molecule has 0 fully saturated rings. The average Bonchev–Trinajstić information content (AvgIpc) is 2.81. The number of rotatable bonds is 9. The lowest BCUT2D eigenvalue weighted by Crippen LogP contribution is -2.39. The van der Waals surface area contributed by atoms with Crippen LogP contribution < -0.4 is 9.73 Å². The van der Waals surface area contributed by atoms with E-state index in [-0.39, 0.29) is 11.4 Å². The number of carbonyl (C=O) groups is 1. The van der Waals surface area contributed by atoms with Gasteiger partial charge >= 0.3 is 0 Å². The van der Waals surface area contributed by atoms with Gasteiger partial charge in [0, 0.05) is 5.71 Å². The molecule has 1 N–H and O–H groups in total. The third-order valence-electron chi connectivity index (χ3n) is 5.21. The van der Waals surface area contributed by atoms with Crippen molar-refractivity contribution >= 4 is 27.3 Å². The second-order valence-electron chi connectivity index (χ2n) is 8.03. The van der Waals surface area contributed by atoms with Crippen LogP contribution in [0.4, 0.5) is 5.69 Å². The van der Waals surface area contributed by atoms with E-state index in [1.165, 1.54) is 5.56 Å². The maximum Gasteiger partial charge on any atom is 0.264 e. The van der Waals surface area contributed by atoms with Crippen LogP contribution in [0.25, 0.3) is 0 Å². The Hall–Kier alpha value is -3.45. The summed E-state index contributed by atoms with van der Waals surface area (Å²) in [4.78, 5) is 12.8. The number of hydrazone groups is 1. The molecule has 0 atom stereocenters. The summed E-state index contributed by atoms with van der Waals surface area (Å²) < 4.78 is 27.9. The standard InChI is InChI=1S/C26H29N3O3S/c1-20-9-15-24(16-10-20)29(33(31,32)25-17-11-21(2)12-18-25)19-26(30)28-27-22(3)13-14-23-7-5-4-6-8-23/h4-12,15-18H,13-14,19H2,1-3H3,(H,28,30)/b27-22-. The second kappa shape index (κ2) is 10.9. The zero-order chi connectivity index (χ0) is 23.8. The first-order valence-corrected chi connectivity index (χ1v) is 12.2. The van der Waals surface area contributed by atoms with Crippen molar-refractivity contribution in [2.75, 3.05) is 10.8 Å². The molecule has 0 heterocycles. The molecule has 0 aliphatic heterocycles. The van der Waals surface area contributed by atoms with Crippen LogP contribution in [0.2, 0.25) is 0 Å². The molecule has 3 rings (SSSR count). The lowest BCUT2D eigenvalue weighted by atomic mass is 10.1. The van der Waals surface area contributed by atoms with Crippen LogP contribution >= 0.6 is 0 Å². The number of nitrogens with one attached hydrogen (secondary N) is 1. The molecular formula is C26H29N3O3S. The van der Waals surface area contributed by atoms with Crippen molar-refractivity contribution in [2.24, 2.45) is 5.10 Å². The molecule has 0 radical (unpaired) electrons. The largest absolute Gasteiger partial charge is 0.271 e. The molecule has 0 aliphatic carbocycles. The smallest absolute Gasteiger partial charge is 0.264 e. The predicted octanol–water partition coefficient (Wildman–Crippen LogP) is 4.62. The Kier molecular flexibility index (Phi) is 8.01. The lowest BCUT2D eigenvalue weighted by Gasteiger charge is -2.24. The summed E-state index contributed by atoms with van der Waals surface area (Å²) in [5.41, 5.74) is 6.82. The van der Waals surface area contributed by atoms with Crippen molar-refractivity contribution in [1.29, 1.82) is 0 Å². The van der Waals surface area contributed by atoms with E-state index >= 15 is 0 Å². The van der Waals surface area contributed by atoms with Crippen molar-refractivity contribution in [1.82, 2.24) is 5.43 Å². The number of carbonyl (C=O) groups excluding carboxylic acids is 1. The van der Waals surface area contributed by atoms with Crippen LogP contribution in [-0.2, 0) is 21.2 Å². The highest BCUT2D eigenvalue weighted by molar-refractivity contribution is 7.92. The summed E-state index contributed by atoms with van der Waals surface area (Å²) >= 11 is 0. The van der Waals surface area contributed by atoms with E-state index < -0.39 is 15.9 Å². The molecule has 1 amide bonds. The number of benzene rings is 3. The molecule has 7 heteroatoms. The van der Waals surface area contributed by atoms with Gasteiger partial charge in [0.1, 0.15) is 6.54 Å². The molecule has 0 unspecified atom stereocenters. The molecule has 0 aliphatic rings. The highest BCUT2D eigenvalue weighted by atomic mass is 32.2. The molecule has 172 valence electrons. The van der Waals surface area contributed by atoms with Crippen LogP contribution in [0.15, 0.2) is 88.9 Å². The fraction of sp³-hybridized carbons (Fsp3) is 0.231. The summed E-state index contributed by atoms with van der Waals surface area (Å²) in [5, 5.41) is 4.16. The Balaban J connectivity index is 1.75. The van der Waals surface area contributed by atoms with Gasteiger partial charge in [0.05, 0.1) is 10.6 Å². The number of anilines is 1. The van der Waals surface area contributed by atoms with Gasteiger partial charge in [-0.1, -0.05) is 65.7 Å². The molecule has 0 saturated heterocycles. The number of aryl methyl sites for hydroxylation is 3. The van der Waals surface area contributed by atoms with E-state index in [9.17, 15) is 13.2 Å². The van der Waals surface area contributed by atoms with Crippen LogP contribution in [0.3, 0.4) is 0 Å². The Morgan fingerprint density at radius 1 is 0.879 bits per heavy atom. The molecule has 0 aromatic heterocycles. The van der Waals surface area contributed by atoms with Crippen molar-refractivity contribution < 1.29 is 13.2 Å². The molecule has 0 bridgehead atoms. The van der Waals surface area contributed by atoms with Crippen molar-refractivity contribution in [3.63, 3.8) is 0 Å². The third kappa shape index (κ3) is 6.76. The van der Waals surface area contributed by atoms with Gasteiger partial charge in [-0.25, -0.2) is 13.8 Å². The van der Waals surface area contributed by atoms with Gasteiger partial charge in [0.15, 0.2) is 0 Å². The third-order valence-corrected chi connectivity index (χ3v) is 7.00. The quantitative estimate of drug-likeness (QED) is 0.371. The summed E-state index contributed by atoms with van der Waals surface area (Å²) in [6.45, 7) is 5.26. The summed E-state index contributed by atoms with van der Waals surface area (Å²) in [5.74, 6) is -0.509. The fourth-order valence-corrected chi connectivity index (χ4v) is 4.63. The topological polar surface area (TPSA) is 78.8 Å². The minimum absolute atomic E-state index is 0.129. The normalized spacial score (nSPS) is 11.8. The Labute approximate surface area is 196 Å². The number of hydrogen-bond acceptors (Lipinski definition) is 4. The highest BCUT2D eigenvalue weighted by Gasteiger charge is 2.27. The second-order valence-corrected chi connectivity index (χ2v) is 9.89. The van der Waals surface area contributed by atoms with Gasteiger partial charge in [0.25, 0.3) is 15.9 Å². The SMILES string of the molecule is C/C(CCc1ccccc1)=N/NC(=O)CN(c1ccc(C)cc1)S(=O)(=O)c1ccc(C)cc1. The van der Waals surface area contributed by atoms with E-state index in [0.717, 1.165) is 27.6 Å². The van der Waals surface area contributed by atoms with Crippen molar-refractivity contribution in [3.05, 3.63) is 95.6 Å². The minimum Gasteiger partial charge on any atom is -0.271 e. The Morgan fingerprint density at radius 2 is 1.45 bits per heavy atom. The van der Waals surface area contributed by atoms with E-state index in [1.54, 1.807) is 36.4 Å². The van der Waals surface area contributed by atoms with Gasteiger partial charge in [-0.15, -0.1) is 0 Å².